The molecule has 0 saturated carbocycles. The fourth-order valence-corrected chi connectivity index (χ4v) is 2.57. The number of carbonyl (C=O) groups excluding carboxylic acids is 1. The fourth-order valence-electron chi connectivity index (χ4n) is 2.57. The van der Waals surface area contributed by atoms with E-state index in [0.717, 1.165) is 37.3 Å². The first-order chi connectivity index (χ1) is 10.2. The minimum Gasteiger partial charge on any atom is -0.508 e. The Morgan fingerprint density at radius 1 is 1.00 bits per heavy atom. The van der Waals surface area contributed by atoms with Crippen molar-refractivity contribution in [3.05, 3.63) is 54.1 Å². The Balaban J connectivity index is 1.85. The molecule has 1 aliphatic heterocycles. The molecule has 1 amide bonds. The lowest BCUT2D eigenvalue weighted by Crippen LogP contribution is -2.28. The number of carbonyl (C=O) groups is 1. The average molecular weight is 282 g/mol. The van der Waals surface area contributed by atoms with Gasteiger partial charge >= 0.3 is 0 Å². The second-order valence-electron chi connectivity index (χ2n) is 5.22. The highest BCUT2D eigenvalue weighted by atomic mass is 16.3. The van der Waals surface area contributed by atoms with Crippen LogP contribution in [0.1, 0.15) is 23.2 Å². The predicted molar refractivity (Wildman–Crippen MR) is 83.0 cm³/mol. The number of likely N-dealkylation sites (tertiary alicyclic amines) is 1. The minimum absolute atomic E-state index is 0.0781. The van der Waals surface area contributed by atoms with Crippen LogP contribution in [0.3, 0.4) is 0 Å². The predicted octanol–water partition coefficient (Wildman–Crippen LogP) is 3.37. The van der Waals surface area contributed by atoms with Gasteiger partial charge in [-0.2, -0.15) is 0 Å². The Labute approximate surface area is 124 Å². The van der Waals surface area contributed by atoms with Gasteiger partial charge in [0.1, 0.15) is 5.75 Å². The van der Waals surface area contributed by atoms with Crippen LogP contribution in [0.4, 0.5) is 11.4 Å². The Morgan fingerprint density at radius 2 is 1.67 bits per heavy atom. The zero-order valence-corrected chi connectivity index (χ0v) is 11.7. The number of nitrogens with one attached hydrogen (secondary N) is 1. The lowest BCUT2D eigenvalue weighted by molar-refractivity contribution is 0.0794. The average Bonchev–Trinajstić information content (AvgIpc) is 3.04. The summed E-state index contributed by atoms with van der Waals surface area (Å²) in [4.78, 5) is 14.5. The van der Waals surface area contributed by atoms with Gasteiger partial charge in [0.2, 0.25) is 0 Å². The van der Waals surface area contributed by atoms with Crippen LogP contribution in [0.25, 0.3) is 0 Å². The van der Waals surface area contributed by atoms with Crippen molar-refractivity contribution in [2.75, 3.05) is 18.4 Å². The van der Waals surface area contributed by atoms with E-state index in [0.29, 0.717) is 5.56 Å². The maximum absolute atomic E-state index is 12.6. The maximum Gasteiger partial charge on any atom is 0.255 e. The van der Waals surface area contributed by atoms with Crippen molar-refractivity contribution in [2.45, 2.75) is 12.8 Å². The number of hydrogen-bond acceptors (Lipinski definition) is 3. The number of phenolic OH excluding ortho intramolecular Hbond substituents is 1. The van der Waals surface area contributed by atoms with E-state index in [4.69, 9.17) is 0 Å². The number of rotatable bonds is 3. The molecule has 0 spiro atoms. The number of para-hydroxylation sites is 1. The van der Waals surface area contributed by atoms with Crippen LogP contribution in [0.5, 0.6) is 5.75 Å². The topological polar surface area (TPSA) is 52.6 Å². The first-order valence-corrected chi connectivity index (χ1v) is 7.18. The molecule has 4 heteroatoms. The number of anilines is 2. The van der Waals surface area contributed by atoms with Gasteiger partial charge in [0.05, 0.1) is 11.3 Å². The normalized spacial score (nSPS) is 14.2. The molecule has 2 N–H and O–H groups in total. The number of aromatic hydroxyl groups is 1. The second-order valence-corrected chi connectivity index (χ2v) is 5.22. The molecular formula is C17H18N2O2. The zero-order chi connectivity index (χ0) is 14.7. The van der Waals surface area contributed by atoms with E-state index in [1.165, 1.54) is 0 Å². The molecule has 108 valence electrons. The molecule has 0 bridgehead atoms. The Morgan fingerprint density at radius 3 is 2.38 bits per heavy atom. The highest BCUT2D eigenvalue weighted by Gasteiger charge is 2.21. The second kappa shape index (κ2) is 5.87. The molecule has 1 saturated heterocycles. The summed E-state index contributed by atoms with van der Waals surface area (Å²) in [6, 6.07) is 14.3. The zero-order valence-electron chi connectivity index (χ0n) is 11.7. The largest absolute Gasteiger partial charge is 0.508 e. The SMILES string of the molecule is O=C(c1ccccc1Nc1ccc(O)cc1)N1CCCC1. The van der Waals surface area contributed by atoms with E-state index in [2.05, 4.69) is 5.32 Å². The van der Waals surface area contributed by atoms with Gasteiger partial charge in [-0.1, -0.05) is 12.1 Å². The Kier molecular flexibility index (Phi) is 3.77. The number of hydrogen-bond donors (Lipinski definition) is 2. The van der Waals surface area contributed by atoms with Crippen molar-refractivity contribution in [3.8, 4) is 5.75 Å². The number of benzene rings is 2. The summed E-state index contributed by atoms with van der Waals surface area (Å²) in [7, 11) is 0. The van der Waals surface area contributed by atoms with Crippen LogP contribution in [0.15, 0.2) is 48.5 Å². The van der Waals surface area contributed by atoms with Crippen LogP contribution in [-0.4, -0.2) is 29.0 Å². The first kappa shape index (κ1) is 13.5. The lowest BCUT2D eigenvalue weighted by atomic mass is 10.1. The monoisotopic (exact) mass is 282 g/mol. The molecule has 2 aromatic rings. The van der Waals surface area contributed by atoms with E-state index in [1.54, 1.807) is 24.3 Å². The third-order valence-electron chi connectivity index (χ3n) is 3.70. The molecule has 0 aromatic heterocycles. The smallest absolute Gasteiger partial charge is 0.255 e. The molecule has 0 radical (unpaired) electrons. The molecule has 21 heavy (non-hydrogen) atoms. The number of amides is 1. The molecule has 4 nitrogen and oxygen atoms in total. The van der Waals surface area contributed by atoms with Gasteiger partial charge in [0.15, 0.2) is 0 Å². The fraction of sp³-hybridized carbons (Fsp3) is 0.235. The molecule has 2 aromatic carbocycles. The van der Waals surface area contributed by atoms with Gasteiger partial charge in [0.25, 0.3) is 5.91 Å². The summed E-state index contributed by atoms with van der Waals surface area (Å²) in [6.07, 6.45) is 2.17. The van der Waals surface area contributed by atoms with Crippen LogP contribution < -0.4 is 5.32 Å². The number of nitrogens with zero attached hydrogens (tertiary/aromatic N) is 1. The van der Waals surface area contributed by atoms with Crippen molar-refractivity contribution < 1.29 is 9.90 Å². The molecule has 0 unspecified atom stereocenters. The quantitative estimate of drug-likeness (QED) is 0.849. The van der Waals surface area contributed by atoms with Crippen molar-refractivity contribution in [2.24, 2.45) is 0 Å². The van der Waals surface area contributed by atoms with Crippen molar-refractivity contribution >= 4 is 17.3 Å². The van der Waals surface area contributed by atoms with Crippen molar-refractivity contribution in [3.63, 3.8) is 0 Å². The number of phenols is 1. The summed E-state index contributed by atoms with van der Waals surface area (Å²) in [5, 5.41) is 12.6. The Hall–Kier alpha value is -2.49. The first-order valence-electron chi connectivity index (χ1n) is 7.18. The van der Waals surface area contributed by atoms with Crippen molar-refractivity contribution in [1.82, 2.24) is 4.90 Å². The van der Waals surface area contributed by atoms with Crippen LogP contribution in [-0.2, 0) is 0 Å². The minimum atomic E-state index is 0.0781. The summed E-state index contributed by atoms with van der Waals surface area (Å²) >= 11 is 0. The van der Waals surface area contributed by atoms with Gasteiger partial charge in [-0.05, 0) is 49.2 Å². The van der Waals surface area contributed by atoms with Crippen LogP contribution >= 0.6 is 0 Å². The van der Waals surface area contributed by atoms with Gasteiger partial charge in [0, 0.05) is 18.8 Å². The van der Waals surface area contributed by atoms with Gasteiger partial charge < -0.3 is 15.3 Å². The van der Waals surface area contributed by atoms with Gasteiger partial charge in [-0.15, -0.1) is 0 Å². The molecule has 1 fully saturated rings. The molecule has 1 heterocycles. The molecule has 3 rings (SSSR count). The standard InChI is InChI=1S/C17H18N2O2/c20-14-9-7-13(8-10-14)18-16-6-2-1-5-15(16)17(21)19-11-3-4-12-19/h1-2,5-10,18,20H,3-4,11-12H2. The van der Waals surface area contributed by atoms with E-state index >= 15 is 0 Å². The van der Waals surface area contributed by atoms with Crippen molar-refractivity contribution in [1.29, 1.82) is 0 Å². The Bertz CT molecular complexity index is 631. The lowest BCUT2D eigenvalue weighted by Gasteiger charge is -2.18. The molecule has 0 atom stereocenters. The summed E-state index contributed by atoms with van der Waals surface area (Å²) in [5.74, 6) is 0.302. The van der Waals surface area contributed by atoms with E-state index in [9.17, 15) is 9.90 Å². The molecule has 1 aliphatic rings. The van der Waals surface area contributed by atoms with Gasteiger partial charge in [-0.25, -0.2) is 0 Å². The van der Waals surface area contributed by atoms with Crippen LogP contribution in [0.2, 0.25) is 0 Å². The highest BCUT2D eigenvalue weighted by molar-refractivity contribution is 6.00. The summed E-state index contributed by atoms with van der Waals surface area (Å²) in [5.41, 5.74) is 2.32. The van der Waals surface area contributed by atoms with E-state index in [1.807, 2.05) is 29.2 Å². The van der Waals surface area contributed by atoms with E-state index < -0.39 is 0 Å². The third-order valence-corrected chi connectivity index (χ3v) is 3.70. The third kappa shape index (κ3) is 2.99. The van der Waals surface area contributed by atoms with E-state index in [-0.39, 0.29) is 11.7 Å². The maximum atomic E-state index is 12.6. The summed E-state index contributed by atoms with van der Waals surface area (Å²) in [6.45, 7) is 1.68. The highest BCUT2D eigenvalue weighted by Crippen LogP contribution is 2.24. The van der Waals surface area contributed by atoms with Gasteiger partial charge in [-0.3, -0.25) is 4.79 Å². The summed E-state index contributed by atoms with van der Waals surface area (Å²) < 4.78 is 0. The van der Waals surface area contributed by atoms with Crippen LogP contribution in [0, 0.1) is 0 Å². The molecular weight excluding hydrogens is 264 g/mol. The molecule has 0 aliphatic carbocycles.